The van der Waals surface area contributed by atoms with Crippen LogP contribution in [0.15, 0.2) is 79.5 Å². The molecule has 0 radical (unpaired) electrons. The van der Waals surface area contributed by atoms with Gasteiger partial charge in [-0.3, -0.25) is 0 Å². The summed E-state index contributed by atoms with van der Waals surface area (Å²) in [4.78, 5) is 17.8. The number of aromatic nitrogens is 5. The summed E-state index contributed by atoms with van der Waals surface area (Å²) in [5.41, 5.74) is 2.25. The highest BCUT2D eigenvalue weighted by Crippen LogP contribution is 2.30. The molecule has 1 aliphatic heterocycles. The fraction of sp³-hybridized carbons (Fsp3) is 0.214. The molecule has 0 amide bonds. The third-order valence-electron chi connectivity index (χ3n) is 7.01. The van der Waals surface area contributed by atoms with Crippen LogP contribution in [0.25, 0.3) is 16.6 Å². The zero-order valence-electron chi connectivity index (χ0n) is 20.7. The van der Waals surface area contributed by atoms with Gasteiger partial charge in [0, 0.05) is 55.9 Å². The minimum Gasteiger partial charge on any atom is -0.381 e. The van der Waals surface area contributed by atoms with Gasteiger partial charge in [-0.1, -0.05) is 24.3 Å². The van der Waals surface area contributed by atoms with Crippen molar-refractivity contribution >= 4 is 17.3 Å². The molecule has 4 heterocycles. The van der Waals surface area contributed by atoms with Crippen molar-refractivity contribution in [3.8, 4) is 11.1 Å². The third kappa shape index (κ3) is 4.43. The van der Waals surface area contributed by atoms with Crippen LogP contribution in [0.2, 0.25) is 0 Å². The van der Waals surface area contributed by atoms with E-state index in [0.717, 1.165) is 22.5 Å². The van der Waals surface area contributed by atoms with Gasteiger partial charge in [0.1, 0.15) is 29.1 Å². The van der Waals surface area contributed by atoms with Gasteiger partial charge in [-0.2, -0.15) is 5.10 Å². The van der Waals surface area contributed by atoms with Crippen LogP contribution in [-0.4, -0.2) is 55.9 Å². The van der Waals surface area contributed by atoms with E-state index >= 15 is 0 Å². The average Bonchev–Trinajstić information content (AvgIpc) is 3.38. The Balaban J connectivity index is 1.17. The van der Waals surface area contributed by atoms with Crippen molar-refractivity contribution in [1.29, 1.82) is 0 Å². The molecule has 1 saturated heterocycles. The molecule has 1 aliphatic rings. The molecule has 5 aromatic rings. The van der Waals surface area contributed by atoms with Gasteiger partial charge < -0.3 is 14.9 Å². The molecule has 0 unspecified atom stereocenters. The van der Waals surface area contributed by atoms with Crippen molar-refractivity contribution in [2.24, 2.45) is 0 Å². The number of hydrogen-bond acceptors (Lipinski definition) is 7. The average molecular weight is 514 g/mol. The van der Waals surface area contributed by atoms with E-state index < -0.39 is 5.60 Å². The first-order valence-corrected chi connectivity index (χ1v) is 12.3. The molecular formula is C28H25F2N7O. The summed E-state index contributed by atoms with van der Waals surface area (Å²) in [5.74, 6) is 0.748. The van der Waals surface area contributed by atoms with E-state index in [2.05, 4.69) is 29.9 Å². The van der Waals surface area contributed by atoms with Gasteiger partial charge in [0.15, 0.2) is 5.82 Å². The monoisotopic (exact) mass is 513 g/mol. The summed E-state index contributed by atoms with van der Waals surface area (Å²) in [5, 5.41) is 15.4. The minimum absolute atomic E-state index is 0.283. The second kappa shape index (κ2) is 9.46. The fourth-order valence-corrected chi connectivity index (χ4v) is 4.78. The number of hydrogen-bond donors (Lipinski definition) is 1. The van der Waals surface area contributed by atoms with Gasteiger partial charge in [-0.25, -0.2) is 28.2 Å². The van der Waals surface area contributed by atoms with Gasteiger partial charge in [0.05, 0.1) is 0 Å². The van der Waals surface area contributed by atoms with Crippen molar-refractivity contribution in [1.82, 2.24) is 24.6 Å². The molecule has 0 saturated carbocycles. The lowest BCUT2D eigenvalue weighted by Crippen LogP contribution is -2.47. The summed E-state index contributed by atoms with van der Waals surface area (Å²) < 4.78 is 28.8. The quantitative estimate of drug-likeness (QED) is 0.380. The maximum Gasteiger partial charge on any atom is 0.225 e. The highest BCUT2D eigenvalue weighted by atomic mass is 19.1. The van der Waals surface area contributed by atoms with E-state index in [-0.39, 0.29) is 11.6 Å². The molecule has 38 heavy (non-hydrogen) atoms. The molecule has 1 atom stereocenters. The maximum atomic E-state index is 13.7. The normalized spacial score (nSPS) is 15.6. The lowest BCUT2D eigenvalue weighted by Gasteiger charge is -2.35. The highest BCUT2D eigenvalue weighted by molar-refractivity contribution is 5.77. The smallest absolute Gasteiger partial charge is 0.225 e. The number of aliphatic hydroxyl groups is 1. The summed E-state index contributed by atoms with van der Waals surface area (Å²) in [6.45, 7) is 4.40. The van der Waals surface area contributed by atoms with E-state index in [9.17, 15) is 13.9 Å². The van der Waals surface area contributed by atoms with Crippen LogP contribution in [0.4, 0.5) is 20.5 Å². The van der Waals surface area contributed by atoms with Gasteiger partial charge in [-0.15, -0.1) is 0 Å². The zero-order valence-corrected chi connectivity index (χ0v) is 20.7. The Hall–Kier alpha value is -4.44. The van der Waals surface area contributed by atoms with Gasteiger partial charge in [-0.05, 0) is 48.4 Å². The number of piperazine rings is 1. The standard InChI is InChI=1S/C28H25F2N7O/c1-28(38,21-5-7-23(29)8-6-21)22-15-31-27(32-16-22)36-11-9-35(10-12-36)26-25-14-20(17-37(25)34-18-33-26)19-3-2-4-24(30)13-19/h2-8,13-18,38H,9-12H2,1H3/t28-/m0/s1. The lowest BCUT2D eigenvalue weighted by atomic mass is 9.90. The van der Waals surface area contributed by atoms with E-state index in [1.165, 1.54) is 30.6 Å². The van der Waals surface area contributed by atoms with E-state index in [4.69, 9.17) is 0 Å². The predicted octanol–water partition coefficient (Wildman–Crippen LogP) is 4.05. The summed E-state index contributed by atoms with van der Waals surface area (Å²) in [7, 11) is 0. The molecule has 1 fully saturated rings. The summed E-state index contributed by atoms with van der Waals surface area (Å²) in [6.07, 6.45) is 6.63. The van der Waals surface area contributed by atoms with Crippen molar-refractivity contribution in [3.63, 3.8) is 0 Å². The SMILES string of the molecule is C[C@](O)(c1ccc(F)cc1)c1cnc(N2CCN(c3ncnn4cc(-c5cccc(F)c5)cc34)CC2)nc1. The topological polar surface area (TPSA) is 82.7 Å². The van der Waals surface area contributed by atoms with Crippen LogP contribution >= 0.6 is 0 Å². The van der Waals surface area contributed by atoms with Crippen LogP contribution < -0.4 is 9.80 Å². The van der Waals surface area contributed by atoms with Crippen molar-refractivity contribution in [2.75, 3.05) is 36.0 Å². The first-order chi connectivity index (χ1) is 18.4. The van der Waals surface area contributed by atoms with Crippen LogP contribution in [0.5, 0.6) is 0 Å². The van der Waals surface area contributed by atoms with E-state index in [1.54, 1.807) is 42.0 Å². The first kappa shape index (κ1) is 23.9. The predicted molar refractivity (Wildman–Crippen MR) is 140 cm³/mol. The van der Waals surface area contributed by atoms with Gasteiger partial charge >= 0.3 is 0 Å². The van der Waals surface area contributed by atoms with E-state index in [0.29, 0.717) is 43.3 Å². The highest BCUT2D eigenvalue weighted by Gasteiger charge is 2.28. The third-order valence-corrected chi connectivity index (χ3v) is 7.01. The summed E-state index contributed by atoms with van der Waals surface area (Å²) in [6, 6.07) is 14.2. The van der Waals surface area contributed by atoms with Crippen LogP contribution in [0.1, 0.15) is 18.1 Å². The fourth-order valence-electron chi connectivity index (χ4n) is 4.78. The Labute approximate surface area is 217 Å². The molecular weight excluding hydrogens is 488 g/mol. The molecule has 6 rings (SSSR count). The number of fused-ring (bicyclic) bond motifs is 1. The molecule has 0 spiro atoms. The second-order valence-electron chi connectivity index (χ2n) is 9.48. The zero-order chi connectivity index (χ0) is 26.3. The van der Waals surface area contributed by atoms with Crippen LogP contribution in [0.3, 0.4) is 0 Å². The Morgan fingerprint density at radius 3 is 2.21 bits per heavy atom. The Morgan fingerprint density at radius 1 is 0.789 bits per heavy atom. The van der Waals surface area contributed by atoms with Gasteiger partial charge in [0.2, 0.25) is 5.95 Å². The summed E-state index contributed by atoms with van der Waals surface area (Å²) >= 11 is 0. The molecule has 2 aromatic carbocycles. The van der Waals surface area contributed by atoms with Crippen molar-refractivity contribution < 1.29 is 13.9 Å². The minimum atomic E-state index is -1.34. The van der Waals surface area contributed by atoms with Crippen molar-refractivity contribution in [2.45, 2.75) is 12.5 Å². The number of nitrogens with zero attached hydrogens (tertiary/aromatic N) is 7. The number of benzene rings is 2. The Kier molecular flexibility index (Phi) is 5.96. The van der Waals surface area contributed by atoms with Crippen LogP contribution in [-0.2, 0) is 5.60 Å². The Morgan fingerprint density at radius 2 is 1.50 bits per heavy atom. The van der Waals surface area contributed by atoms with Gasteiger partial charge in [0.25, 0.3) is 0 Å². The molecule has 0 bridgehead atoms. The number of halogens is 2. The van der Waals surface area contributed by atoms with Crippen LogP contribution in [0, 0.1) is 11.6 Å². The lowest BCUT2D eigenvalue weighted by molar-refractivity contribution is 0.101. The molecule has 10 heteroatoms. The van der Waals surface area contributed by atoms with E-state index in [1.807, 2.05) is 18.3 Å². The maximum absolute atomic E-state index is 13.7. The number of rotatable bonds is 5. The molecule has 0 aliphatic carbocycles. The molecule has 8 nitrogen and oxygen atoms in total. The molecule has 1 N–H and O–H groups in total. The molecule has 3 aromatic heterocycles. The molecule has 192 valence electrons. The largest absolute Gasteiger partial charge is 0.381 e. The second-order valence-corrected chi connectivity index (χ2v) is 9.48. The van der Waals surface area contributed by atoms with Crippen molar-refractivity contribution in [3.05, 3.63) is 102 Å². The number of anilines is 2. The Bertz CT molecular complexity index is 1580. The first-order valence-electron chi connectivity index (χ1n) is 12.3.